The summed E-state index contributed by atoms with van der Waals surface area (Å²) in [6.07, 6.45) is 10.6. The molecule has 0 atom stereocenters. The molecule has 0 N–H and O–H groups in total. The highest BCUT2D eigenvalue weighted by Gasteiger charge is 2.38. The lowest BCUT2D eigenvalue weighted by Crippen LogP contribution is -2.33. The average Bonchev–Trinajstić information content (AvgIpc) is 2.81. The number of carbonyl (C=O) groups excluding carboxylic acids is 1. The van der Waals surface area contributed by atoms with Crippen molar-refractivity contribution < 1.29 is 9.18 Å². The Morgan fingerprint density at radius 3 is 2.19 bits per heavy atom. The van der Waals surface area contributed by atoms with E-state index in [1.807, 2.05) is 24.5 Å². The molecule has 1 aliphatic carbocycles. The number of benzene rings is 2. The van der Waals surface area contributed by atoms with Gasteiger partial charge in [0.05, 0.1) is 0 Å². The van der Waals surface area contributed by atoms with Gasteiger partial charge in [0, 0.05) is 34.8 Å². The quantitative estimate of drug-likeness (QED) is 0.362. The van der Waals surface area contributed by atoms with E-state index in [0.29, 0.717) is 17.9 Å². The molecule has 1 saturated carbocycles. The monoisotopic (exact) mass is 435 g/mol. The van der Waals surface area contributed by atoms with Crippen molar-refractivity contribution in [3.63, 3.8) is 0 Å². The van der Waals surface area contributed by atoms with Crippen LogP contribution in [-0.2, 0) is 5.41 Å². The summed E-state index contributed by atoms with van der Waals surface area (Å²) in [6, 6.07) is 18.4. The van der Waals surface area contributed by atoms with Gasteiger partial charge in [0.25, 0.3) is 0 Å². The van der Waals surface area contributed by atoms with E-state index in [1.54, 1.807) is 12.1 Å². The number of halogens is 2. The Morgan fingerprint density at radius 2 is 1.55 bits per heavy atom. The summed E-state index contributed by atoms with van der Waals surface area (Å²) < 4.78 is 13.1. The van der Waals surface area contributed by atoms with E-state index < -0.39 is 0 Å². The number of hydrogen-bond donors (Lipinski definition) is 0. The van der Waals surface area contributed by atoms with E-state index >= 15 is 0 Å². The maximum Gasteiger partial charge on any atom is 0.162 e. The van der Waals surface area contributed by atoms with Crippen LogP contribution in [0.2, 0.25) is 5.02 Å². The highest BCUT2D eigenvalue weighted by atomic mass is 35.5. The molecule has 0 radical (unpaired) electrons. The van der Waals surface area contributed by atoms with Crippen LogP contribution in [0.5, 0.6) is 0 Å². The maximum atomic E-state index is 13.1. The molecule has 160 valence electrons. The van der Waals surface area contributed by atoms with Gasteiger partial charge in [-0.2, -0.15) is 0 Å². The van der Waals surface area contributed by atoms with Crippen molar-refractivity contribution in [3.8, 4) is 0 Å². The Labute approximate surface area is 188 Å². The molecule has 1 aliphatic rings. The van der Waals surface area contributed by atoms with Crippen molar-refractivity contribution in [1.82, 2.24) is 4.98 Å². The number of ketones is 1. The molecule has 0 spiro atoms. The molecule has 0 aliphatic heterocycles. The zero-order valence-electron chi connectivity index (χ0n) is 17.6. The Balaban J connectivity index is 1.38. The standard InChI is InChI=1S/C27H27ClFNO/c28-24-8-6-22(7-9-24)27(23-14-18-30-19-15-23)16-12-20(13-17-27)2-1-3-26(31)21-4-10-25(29)11-5-21/h4-11,14-15,18-20H,1-3,12-13,16-17H2. The average molecular weight is 436 g/mol. The zero-order valence-corrected chi connectivity index (χ0v) is 18.3. The molecular formula is C27H27ClFNO. The van der Waals surface area contributed by atoms with Gasteiger partial charge in [-0.25, -0.2) is 4.39 Å². The lowest BCUT2D eigenvalue weighted by Gasteiger charge is -2.41. The third-order valence-corrected chi connectivity index (χ3v) is 7.02. The molecule has 3 aromatic rings. The van der Waals surface area contributed by atoms with Crippen LogP contribution in [-0.4, -0.2) is 10.8 Å². The summed E-state index contributed by atoms with van der Waals surface area (Å²) in [4.78, 5) is 16.6. The molecular weight excluding hydrogens is 409 g/mol. The topological polar surface area (TPSA) is 30.0 Å². The third kappa shape index (κ3) is 5.04. The van der Waals surface area contributed by atoms with Gasteiger partial charge < -0.3 is 0 Å². The van der Waals surface area contributed by atoms with E-state index in [2.05, 4.69) is 29.2 Å². The first kappa shape index (κ1) is 21.7. The van der Waals surface area contributed by atoms with Crippen molar-refractivity contribution in [2.24, 2.45) is 5.92 Å². The highest BCUT2D eigenvalue weighted by molar-refractivity contribution is 6.30. The third-order valence-electron chi connectivity index (χ3n) is 6.77. The molecule has 1 fully saturated rings. The number of aromatic nitrogens is 1. The number of hydrogen-bond acceptors (Lipinski definition) is 2. The smallest absolute Gasteiger partial charge is 0.162 e. The molecule has 0 unspecified atom stereocenters. The van der Waals surface area contributed by atoms with E-state index in [0.717, 1.165) is 43.5 Å². The predicted octanol–water partition coefficient (Wildman–Crippen LogP) is 7.40. The van der Waals surface area contributed by atoms with Gasteiger partial charge in [0.15, 0.2) is 5.78 Å². The Kier molecular flexibility index (Phi) is 6.82. The molecule has 2 aromatic carbocycles. The minimum absolute atomic E-state index is 0.00599. The second kappa shape index (κ2) is 9.74. The summed E-state index contributed by atoms with van der Waals surface area (Å²) in [5.41, 5.74) is 3.22. The van der Waals surface area contributed by atoms with Gasteiger partial charge in [0.1, 0.15) is 5.82 Å². The van der Waals surface area contributed by atoms with Crippen LogP contribution in [0.3, 0.4) is 0 Å². The molecule has 4 rings (SSSR count). The minimum atomic E-state index is -0.308. The van der Waals surface area contributed by atoms with Crippen molar-refractivity contribution in [3.05, 3.63) is 101 Å². The van der Waals surface area contributed by atoms with Crippen LogP contribution in [0.15, 0.2) is 73.1 Å². The van der Waals surface area contributed by atoms with Gasteiger partial charge in [-0.1, -0.05) is 30.2 Å². The fraction of sp³-hybridized carbons (Fsp3) is 0.333. The van der Waals surface area contributed by atoms with Crippen LogP contribution in [0.1, 0.15) is 66.4 Å². The van der Waals surface area contributed by atoms with Gasteiger partial charge in [-0.3, -0.25) is 9.78 Å². The minimum Gasteiger partial charge on any atom is -0.294 e. The summed E-state index contributed by atoms with van der Waals surface area (Å²) in [6.45, 7) is 0. The van der Waals surface area contributed by atoms with Crippen LogP contribution >= 0.6 is 11.6 Å². The summed E-state index contributed by atoms with van der Waals surface area (Å²) in [5.74, 6) is 0.420. The molecule has 31 heavy (non-hydrogen) atoms. The lowest BCUT2D eigenvalue weighted by atomic mass is 9.63. The Morgan fingerprint density at radius 1 is 0.935 bits per heavy atom. The Hall–Kier alpha value is -2.52. The zero-order chi connectivity index (χ0) is 21.7. The molecule has 0 bridgehead atoms. The van der Waals surface area contributed by atoms with Crippen LogP contribution in [0, 0.1) is 11.7 Å². The molecule has 0 amide bonds. The summed E-state index contributed by atoms with van der Waals surface area (Å²) >= 11 is 6.14. The number of carbonyl (C=O) groups is 1. The number of pyridine rings is 1. The molecule has 1 heterocycles. The number of Topliss-reactive ketones (excluding diaryl/α,β-unsaturated/α-hetero) is 1. The maximum absolute atomic E-state index is 13.1. The fourth-order valence-corrected chi connectivity index (χ4v) is 5.10. The first-order chi connectivity index (χ1) is 15.1. The predicted molar refractivity (Wildman–Crippen MR) is 123 cm³/mol. The first-order valence-corrected chi connectivity index (χ1v) is 11.4. The van der Waals surface area contributed by atoms with Crippen LogP contribution < -0.4 is 0 Å². The van der Waals surface area contributed by atoms with Crippen LogP contribution in [0.25, 0.3) is 0 Å². The summed E-state index contributed by atoms with van der Waals surface area (Å²) in [5, 5.41) is 0.758. The second-order valence-electron chi connectivity index (χ2n) is 8.59. The van der Waals surface area contributed by atoms with Crippen molar-refractivity contribution >= 4 is 17.4 Å². The van der Waals surface area contributed by atoms with E-state index in [9.17, 15) is 9.18 Å². The second-order valence-corrected chi connectivity index (χ2v) is 9.03. The number of rotatable bonds is 7. The van der Waals surface area contributed by atoms with Gasteiger partial charge in [-0.15, -0.1) is 0 Å². The van der Waals surface area contributed by atoms with Crippen molar-refractivity contribution in [1.29, 1.82) is 0 Å². The largest absolute Gasteiger partial charge is 0.294 e. The van der Waals surface area contributed by atoms with E-state index in [-0.39, 0.29) is 17.0 Å². The molecule has 0 saturated heterocycles. The molecule has 4 heteroatoms. The van der Waals surface area contributed by atoms with Crippen molar-refractivity contribution in [2.45, 2.75) is 50.4 Å². The first-order valence-electron chi connectivity index (χ1n) is 11.0. The fourth-order valence-electron chi connectivity index (χ4n) is 4.97. The van der Waals surface area contributed by atoms with E-state index in [4.69, 9.17) is 11.6 Å². The SMILES string of the molecule is O=C(CCCC1CCC(c2ccncc2)(c2ccc(Cl)cc2)CC1)c1ccc(F)cc1. The van der Waals surface area contributed by atoms with Gasteiger partial charge >= 0.3 is 0 Å². The van der Waals surface area contributed by atoms with Crippen LogP contribution in [0.4, 0.5) is 4.39 Å². The van der Waals surface area contributed by atoms with Gasteiger partial charge in [0.2, 0.25) is 0 Å². The molecule has 1 aromatic heterocycles. The lowest BCUT2D eigenvalue weighted by molar-refractivity contribution is 0.0975. The van der Waals surface area contributed by atoms with Crippen molar-refractivity contribution in [2.75, 3.05) is 0 Å². The van der Waals surface area contributed by atoms with E-state index in [1.165, 1.54) is 23.3 Å². The Bertz CT molecular complexity index is 994. The highest BCUT2D eigenvalue weighted by Crippen LogP contribution is 2.47. The normalized spacial score (nSPS) is 21.0. The number of nitrogens with zero attached hydrogens (tertiary/aromatic N) is 1. The van der Waals surface area contributed by atoms with Gasteiger partial charge in [-0.05, 0) is 97.7 Å². The molecule has 2 nitrogen and oxygen atoms in total. The summed E-state index contributed by atoms with van der Waals surface area (Å²) in [7, 11) is 0.